The van der Waals surface area contributed by atoms with Crippen LogP contribution in [0.3, 0.4) is 0 Å². The molecule has 1 aromatic carbocycles. The Balaban J connectivity index is 1.73. The van der Waals surface area contributed by atoms with Crippen molar-refractivity contribution in [2.45, 2.75) is 25.4 Å². The molecule has 2 fully saturated rings. The van der Waals surface area contributed by atoms with Gasteiger partial charge in [0.2, 0.25) is 0 Å². The van der Waals surface area contributed by atoms with Gasteiger partial charge in [-0.1, -0.05) is 11.6 Å². The number of halogens is 1. The van der Waals surface area contributed by atoms with Gasteiger partial charge < -0.3 is 5.32 Å². The SMILES string of the molecule is O=[N+]([O-])c1cc(Cl)ccc1CN1C[C@@H]2CCCN[C@@H]2C1. The number of fused-ring (bicyclic) bond motifs is 1. The fourth-order valence-electron chi connectivity index (χ4n) is 3.35. The van der Waals surface area contributed by atoms with Crippen molar-refractivity contribution in [2.24, 2.45) is 5.92 Å². The summed E-state index contributed by atoms with van der Waals surface area (Å²) in [5, 5.41) is 15.1. The number of hydrogen-bond acceptors (Lipinski definition) is 4. The predicted molar refractivity (Wildman–Crippen MR) is 77.9 cm³/mol. The minimum absolute atomic E-state index is 0.125. The fraction of sp³-hybridized carbons (Fsp3) is 0.571. The lowest BCUT2D eigenvalue weighted by molar-refractivity contribution is -0.385. The van der Waals surface area contributed by atoms with Crippen LogP contribution in [0.4, 0.5) is 5.69 Å². The first-order chi connectivity index (χ1) is 9.63. The van der Waals surface area contributed by atoms with Crippen LogP contribution in [0.1, 0.15) is 18.4 Å². The van der Waals surface area contributed by atoms with Gasteiger partial charge in [0.1, 0.15) is 0 Å². The van der Waals surface area contributed by atoms with Gasteiger partial charge in [0.05, 0.1) is 4.92 Å². The van der Waals surface area contributed by atoms with Crippen LogP contribution >= 0.6 is 11.6 Å². The van der Waals surface area contributed by atoms with Crippen molar-refractivity contribution < 1.29 is 4.92 Å². The zero-order valence-electron chi connectivity index (χ0n) is 11.2. The third-order valence-electron chi connectivity index (χ3n) is 4.31. The molecule has 108 valence electrons. The Hall–Kier alpha value is -1.17. The van der Waals surface area contributed by atoms with Gasteiger partial charge in [-0.25, -0.2) is 0 Å². The van der Waals surface area contributed by atoms with Crippen LogP contribution in [0.15, 0.2) is 18.2 Å². The van der Waals surface area contributed by atoms with Gasteiger partial charge in [-0.3, -0.25) is 15.0 Å². The molecule has 0 bridgehead atoms. The Morgan fingerprint density at radius 1 is 1.45 bits per heavy atom. The summed E-state index contributed by atoms with van der Waals surface area (Å²) < 4.78 is 0. The Labute approximate surface area is 123 Å². The molecule has 0 aliphatic carbocycles. The molecule has 20 heavy (non-hydrogen) atoms. The van der Waals surface area contributed by atoms with E-state index < -0.39 is 0 Å². The van der Waals surface area contributed by atoms with Crippen molar-refractivity contribution in [3.8, 4) is 0 Å². The smallest absolute Gasteiger partial charge is 0.275 e. The molecule has 0 amide bonds. The number of rotatable bonds is 3. The van der Waals surface area contributed by atoms with Crippen molar-refractivity contribution >= 4 is 17.3 Å². The maximum atomic E-state index is 11.1. The van der Waals surface area contributed by atoms with Gasteiger partial charge >= 0.3 is 0 Å². The summed E-state index contributed by atoms with van der Waals surface area (Å²) in [5.41, 5.74) is 0.873. The van der Waals surface area contributed by atoms with Crippen molar-refractivity contribution in [3.63, 3.8) is 0 Å². The molecule has 6 heteroatoms. The van der Waals surface area contributed by atoms with Crippen molar-refractivity contribution in [1.29, 1.82) is 0 Å². The highest BCUT2D eigenvalue weighted by Gasteiger charge is 2.34. The topological polar surface area (TPSA) is 58.4 Å². The lowest BCUT2D eigenvalue weighted by Crippen LogP contribution is -2.40. The molecule has 2 aliphatic heterocycles. The number of benzene rings is 1. The standard InChI is InChI=1S/C14H18ClN3O2/c15-12-4-3-11(14(6-12)18(19)20)8-17-7-10-2-1-5-16-13(10)9-17/h3-4,6,10,13,16H,1-2,5,7-9H2/t10-,13+/m0/s1. The number of nitrogens with zero attached hydrogens (tertiary/aromatic N) is 2. The Morgan fingerprint density at radius 2 is 2.30 bits per heavy atom. The molecule has 2 atom stereocenters. The van der Waals surface area contributed by atoms with Crippen LogP contribution in [0.25, 0.3) is 0 Å². The number of nitro benzene ring substituents is 1. The summed E-state index contributed by atoms with van der Waals surface area (Å²) in [6, 6.07) is 5.49. The second kappa shape index (κ2) is 5.68. The van der Waals surface area contributed by atoms with Crippen LogP contribution in [-0.2, 0) is 6.54 Å². The molecule has 2 saturated heterocycles. The van der Waals surface area contributed by atoms with E-state index >= 15 is 0 Å². The molecular weight excluding hydrogens is 278 g/mol. The van der Waals surface area contributed by atoms with E-state index in [-0.39, 0.29) is 10.6 Å². The van der Waals surface area contributed by atoms with Gasteiger partial charge in [0.25, 0.3) is 5.69 Å². The monoisotopic (exact) mass is 295 g/mol. The average molecular weight is 296 g/mol. The number of piperidine rings is 1. The lowest BCUT2D eigenvalue weighted by atomic mass is 9.94. The minimum Gasteiger partial charge on any atom is -0.312 e. The van der Waals surface area contributed by atoms with Crippen molar-refractivity contribution in [2.75, 3.05) is 19.6 Å². The molecule has 0 radical (unpaired) electrons. The van der Waals surface area contributed by atoms with Crippen LogP contribution in [0.2, 0.25) is 5.02 Å². The van der Waals surface area contributed by atoms with E-state index in [9.17, 15) is 10.1 Å². The predicted octanol–water partition coefficient (Wildman–Crippen LogP) is 2.43. The molecule has 0 aromatic heterocycles. The van der Waals surface area contributed by atoms with E-state index in [1.165, 1.54) is 18.9 Å². The third-order valence-corrected chi connectivity index (χ3v) is 4.55. The maximum Gasteiger partial charge on any atom is 0.275 e. The highest BCUT2D eigenvalue weighted by Crippen LogP contribution is 2.29. The lowest BCUT2D eigenvalue weighted by Gasteiger charge is -2.24. The quantitative estimate of drug-likeness (QED) is 0.687. The number of nitro groups is 1. The minimum atomic E-state index is -0.345. The first-order valence-corrected chi connectivity index (χ1v) is 7.40. The molecule has 5 nitrogen and oxygen atoms in total. The largest absolute Gasteiger partial charge is 0.312 e. The Morgan fingerprint density at radius 3 is 3.05 bits per heavy atom. The normalized spacial score (nSPS) is 26.4. The average Bonchev–Trinajstić information content (AvgIpc) is 2.82. The fourth-order valence-corrected chi connectivity index (χ4v) is 3.51. The first-order valence-electron chi connectivity index (χ1n) is 7.02. The van der Waals surface area contributed by atoms with E-state index in [0.717, 1.165) is 25.2 Å². The number of likely N-dealkylation sites (tertiary alicyclic amines) is 1. The van der Waals surface area contributed by atoms with Gasteiger partial charge in [0, 0.05) is 42.3 Å². The molecule has 1 N–H and O–H groups in total. The van der Waals surface area contributed by atoms with Gasteiger partial charge in [-0.15, -0.1) is 0 Å². The maximum absolute atomic E-state index is 11.1. The highest BCUT2D eigenvalue weighted by atomic mass is 35.5. The Bertz CT molecular complexity index is 509. The van der Waals surface area contributed by atoms with E-state index in [4.69, 9.17) is 11.6 Å². The summed E-state index contributed by atoms with van der Waals surface area (Å²) >= 11 is 5.85. The van der Waals surface area contributed by atoms with Crippen LogP contribution in [-0.4, -0.2) is 35.5 Å². The number of hydrogen-bond donors (Lipinski definition) is 1. The van der Waals surface area contributed by atoms with Gasteiger partial charge in [-0.2, -0.15) is 0 Å². The van der Waals surface area contributed by atoms with Crippen LogP contribution < -0.4 is 5.32 Å². The molecule has 2 aliphatic rings. The van der Waals surface area contributed by atoms with Crippen molar-refractivity contribution in [1.82, 2.24) is 10.2 Å². The van der Waals surface area contributed by atoms with Crippen LogP contribution in [0.5, 0.6) is 0 Å². The Kier molecular flexibility index (Phi) is 3.92. The summed E-state index contributed by atoms with van der Waals surface area (Å²) in [5.74, 6) is 0.690. The van der Waals surface area contributed by atoms with Gasteiger partial charge in [-0.05, 0) is 37.4 Å². The van der Waals surface area contributed by atoms with Crippen molar-refractivity contribution in [3.05, 3.63) is 38.9 Å². The zero-order chi connectivity index (χ0) is 14.1. The zero-order valence-corrected chi connectivity index (χ0v) is 12.0. The van der Waals surface area contributed by atoms with E-state index in [1.807, 2.05) is 0 Å². The third kappa shape index (κ3) is 2.80. The second-order valence-electron chi connectivity index (χ2n) is 5.69. The summed E-state index contributed by atoms with van der Waals surface area (Å²) in [7, 11) is 0. The summed E-state index contributed by atoms with van der Waals surface area (Å²) in [6.07, 6.45) is 2.49. The van der Waals surface area contributed by atoms with Gasteiger partial charge in [0.15, 0.2) is 0 Å². The molecule has 1 aromatic rings. The van der Waals surface area contributed by atoms with E-state index in [2.05, 4.69) is 10.2 Å². The number of nitrogens with one attached hydrogen (secondary N) is 1. The molecular formula is C14H18ClN3O2. The molecule has 2 heterocycles. The molecule has 3 rings (SSSR count). The van der Waals surface area contributed by atoms with Crippen LogP contribution in [0, 0.1) is 16.0 Å². The first kappa shape index (κ1) is 13.8. The second-order valence-corrected chi connectivity index (χ2v) is 6.12. The van der Waals surface area contributed by atoms with E-state index in [1.54, 1.807) is 12.1 Å². The van der Waals surface area contributed by atoms with E-state index in [0.29, 0.717) is 23.5 Å². The molecule has 0 unspecified atom stereocenters. The molecule has 0 saturated carbocycles. The summed E-state index contributed by atoms with van der Waals surface area (Å²) in [6.45, 7) is 3.72. The molecule has 0 spiro atoms. The highest BCUT2D eigenvalue weighted by molar-refractivity contribution is 6.30. The summed E-state index contributed by atoms with van der Waals surface area (Å²) in [4.78, 5) is 13.1.